The second-order valence-corrected chi connectivity index (χ2v) is 5.28. The molecule has 0 aliphatic heterocycles. The molecule has 0 aromatic heterocycles. The number of aliphatic hydroxyl groups is 1. The van der Waals surface area contributed by atoms with Crippen molar-refractivity contribution >= 4 is 12.0 Å². The van der Waals surface area contributed by atoms with Crippen LogP contribution >= 0.6 is 0 Å². The van der Waals surface area contributed by atoms with Gasteiger partial charge in [-0.2, -0.15) is 0 Å². The fourth-order valence-electron chi connectivity index (χ4n) is 1.78. The van der Waals surface area contributed by atoms with Gasteiger partial charge in [0.25, 0.3) is 0 Å². The number of carbonyl (C=O) groups excluding carboxylic acids is 1. The molecule has 1 aliphatic carbocycles. The molecule has 2 amide bonds. The van der Waals surface area contributed by atoms with E-state index in [4.69, 9.17) is 5.11 Å². The zero-order chi connectivity index (χ0) is 13.9. The van der Waals surface area contributed by atoms with Crippen molar-refractivity contribution in [3.63, 3.8) is 0 Å². The maximum Gasteiger partial charge on any atom is 0.328 e. The van der Waals surface area contributed by atoms with Crippen molar-refractivity contribution in [2.24, 2.45) is 5.92 Å². The molecular weight excluding hydrogens is 236 g/mol. The molecule has 2 unspecified atom stereocenters. The van der Waals surface area contributed by atoms with Gasteiger partial charge in [-0.1, -0.05) is 13.8 Å². The van der Waals surface area contributed by atoms with Crippen molar-refractivity contribution in [2.45, 2.75) is 51.8 Å². The molecule has 0 saturated heterocycles. The summed E-state index contributed by atoms with van der Waals surface area (Å²) in [7, 11) is 0. The van der Waals surface area contributed by atoms with Crippen LogP contribution in [0.1, 0.15) is 33.6 Å². The van der Waals surface area contributed by atoms with Gasteiger partial charge >= 0.3 is 12.0 Å². The summed E-state index contributed by atoms with van der Waals surface area (Å²) in [6.45, 7) is 5.96. The number of aliphatic carboxylic acids is 1. The van der Waals surface area contributed by atoms with E-state index in [-0.39, 0.29) is 6.04 Å². The minimum Gasteiger partial charge on any atom is -0.480 e. The third-order valence-electron chi connectivity index (χ3n) is 2.84. The Balaban J connectivity index is 2.62. The molecule has 18 heavy (non-hydrogen) atoms. The summed E-state index contributed by atoms with van der Waals surface area (Å²) in [6, 6.07) is -1.44. The summed E-state index contributed by atoms with van der Waals surface area (Å²) in [4.78, 5) is 24.6. The fraction of sp³-hybridized carbons (Fsp3) is 0.833. The van der Waals surface area contributed by atoms with Crippen LogP contribution in [0.2, 0.25) is 0 Å². The highest BCUT2D eigenvalue weighted by atomic mass is 16.4. The first-order valence-electron chi connectivity index (χ1n) is 6.31. The number of rotatable bonds is 6. The monoisotopic (exact) mass is 258 g/mol. The summed E-state index contributed by atoms with van der Waals surface area (Å²) in [6.07, 6.45) is 0.811. The van der Waals surface area contributed by atoms with E-state index in [2.05, 4.69) is 5.32 Å². The Hall–Kier alpha value is -1.30. The Morgan fingerprint density at radius 1 is 1.33 bits per heavy atom. The fourth-order valence-corrected chi connectivity index (χ4v) is 1.78. The molecule has 1 aliphatic rings. The maximum atomic E-state index is 12.0. The minimum atomic E-state index is -1.26. The lowest BCUT2D eigenvalue weighted by Crippen LogP contribution is -2.53. The van der Waals surface area contributed by atoms with Crippen LogP contribution in [0.25, 0.3) is 0 Å². The molecule has 3 N–H and O–H groups in total. The van der Waals surface area contributed by atoms with E-state index in [0.717, 1.165) is 12.8 Å². The second-order valence-electron chi connectivity index (χ2n) is 5.28. The highest BCUT2D eigenvalue weighted by Crippen LogP contribution is 2.27. The minimum absolute atomic E-state index is 0.218. The average molecular weight is 258 g/mol. The lowest BCUT2D eigenvalue weighted by atomic mass is 10.2. The number of carboxylic acid groups (broad SMARTS) is 1. The number of nitrogens with zero attached hydrogens (tertiary/aromatic N) is 1. The molecule has 1 saturated carbocycles. The first-order chi connectivity index (χ1) is 8.32. The summed E-state index contributed by atoms with van der Waals surface area (Å²) in [5.74, 6) is -0.898. The van der Waals surface area contributed by atoms with Gasteiger partial charge in [0.05, 0.1) is 6.10 Å². The second kappa shape index (κ2) is 6.04. The standard InChI is InChI=1S/C12H22N2O4/c1-7(2)6-14(9-4-5-9)12(18)13-10(8(3)15)11(16)17/h7-10,15H,4-6H2,1-3H3,(H,13,18)(H,16,17). The van der Waals surface area contributed by atoms with E-state index in [1.807, 2.05) is 13.8 Å². The third-order valence-corrected chi connectivity index (χ3v) is 2.84. The summed E-state index contributed by atoms with van der Waals surface area (Å²) >= 11 is 0. The van der Waals surface area contributed by atoms with Crippen molar-refractivity contribution < 1.29 is 19.8 Å². The molecule has 0 aromatic carbocycles. The Labute approximate surface area is 107 Å². The molecule has 2 atom stereocenters. The molecule has 0 aromatic rings. The van der Waals surface area contributed by atoms with E-state index in [1.54, 1.807) is 4.90 Å². The first-order valence-corrected chi connectivity index (χ1v) is 6.31. The molecule has 0 bridgehead atoms. The topological polar surface area (TPSA) is 89.9 Å². The maximum absolute atomic E-state index is 12.0. The van der Waals surface area contributed by atoms with Crippen LogP contribution in [-0.4, -0.2) is 51.8 Å². The molecule has 0 radical (unpaired) electrons. The van der Waals surface area contributed by atoms with E-state index in [9.17, 15) is 14.7 Å². The summed E-state index contributed by atoms with van der Waals surface area (Å²) in [5, 5.41) is 20.6. The highest BCUT2D eigenvalue weighted by molar-refractivity contribution is 5.83. The quantitative estimate of drug-likeness (QED) is 0.652. The first kappa shape index (κ1) is 14.8. The Morgan fingerprint density at radius 3 is 2.22 bits per heavy atom. The molecule has 6 heteroatoms. The molecule has 1 rings (SSSR count). The molecule has 1 fully saturated rings. The number of carbonyl (C=O) groups is 2. The Morgan fingerprint density at radius 2 is 1.89 bits per heavy atom. The van der Waals surface area contributed by atoms with Crippen LogP contribution in [0.3, 0.4) is 0 Å². The summed E-state index contributed by atoms with van der Waals surface area (Å²) in [5.41, 5.74) is 0. The number of amides is 2. The highest BCUT2D eigenvalue weighted by Gasteiger charge is 2.35. The van der Waals surface area contributed by atoms with E-state index < -0.39 is 24.1 Å². The van der Waals surface area contributed by atoms with Gasteiger partial charge in [0, 0.05) is 12.6 Å². The van der Waals surface area contributed by atoms with Gasteiger partial charge in [-0.3, -0.25) is 0 Å². The lowest BCUT2D eigenvalue weighted by Gasteiger charge is -2.27. The number of urea groups is 1. The van der Waals surface area contributed by atoms with Gasteiger partial charge < -0.3 is 20.4 Å². The van der Waals surface area contributed by atoms with Crippen molar-refractivity contribution in [3.8, 4) is 0 Å². The van der Waals surface area contributed by atoms with Gasteiger partial charge in [-0.15, -0.1) is 0 Å². The number of carboxylic acids is 1. The van der Waals surface area contributed by atoms with Gasteiger partial charge in [0.15, 0.2) is 6.04 Å². The van der Waals surface area contributed by atoms with Crippen molar-refractivity contribution in [2.75, 3.05) is 6.54 Å². The number of hydrogen-bond donors (Lipinski definition) is 3. The number of nitrogens with one attached hydrogen (secondary N) is 1. The third kappa shape index (κ3) is 4.18. The summed E-state index contributed by atoms with van der Waals surface area (Å²) < 4.78 is 0. The van der Waals surface area contributed by atoms with E-state index >= 15 is 0 Å². The predicted octanol–water partition coefficient (Wildman–Crippen LogP) is 0.650. The molecule has 0 spiro atoms. The van der Waals surface area contributed by atoms with Crippen molar-refractivity contribution in [1.29, 1.82) is 0 Å². The molecule has 6 nitrogen and oxygen atoms in total. The Kier molecular flexibility index (Phi) is 4.95. The SMILES string of the molecule is CC(C)CN(C(=O)NC(C(=O)O)C(C)O)C1CC1. The molecule has 104 valence electrons. The van der Waals surface area contributed by atoms with Crippen LogP contribution in [-0.2, 0) is 4.79 Å². The predicted molar refractivity (Wildman–Crippen MR) is 66.2 cm³/mol. The normalized spacial score (nSPS) is 18.3. The van der Waals surface area contributed by atoms with Crippen LogP contribution in [0.4, 0.5) is 4.79 Å². The van der Waals surface area contributed by atoms with Gasteiger partial charge in [-0.25, -0.2) is 9.59 Å². The number of aliphatic hydroxyl groups excluding tert-OH is 1. The van der Waals surface area contributed by atoms with Crippen LogP contribution in [0, 0.1) is 5.92 Å². The van der Waals surface area contributed by atoms with Gasteiger partial charge in [0.2, 0.25) is 0 Å². The molecular formula is C12H22N2O4. The van der Waals surface area contributed by atoms with Crippen LogP contribution in [0.5, 0.6) is 0 Å². The number of hydrogen-bond acceptors (Lipinski definition) is 3. The van der Waals surface area contributed by atoms with Crippen molar-refractivity contribution in [1.82, 2.24) is 10.2 Å². The average Bonchev–Trinajstić information content (AvgIpc) is 3.04. The Bertz CT molecular complexity index is 313. The van der Waals surface area contributed by atoms with Crippen LogP contribution < -0.4 is 5.32 Å². The zero-order valence-electron chi connectivity index (χ0n) is 11.1. The zero-order valence-corrected chi connectivity index (χ0v) is 11.1. The smallest absolute Gasteiger partial charge is 0.328 e. The van der Waals surface area contributed by atoms with E-state index in [1.165, 1.54) is 6.92 Å². The molecule has 0 heterocycles. The largest absolute Gasteiger partial charge is 0.480 e. The van der Waals surface area contributed by atoms with Gasteiger partial charge in [-0.05, 0) is 25.7 Å². The van der Waals surface area contributed by atoms with E-state index in [0.29, 0.717) is 12.5 Å². The van der Waals surface area contributed by atoms with Crippen molar-refractivity contribution in [3.05, 3.63) is 0 Å². The van der Waals surface area contributed by atoms with Gasteiger partial charge in [0.1, 0.15) is 0 Å². The van der Waals surface area contributed by atoms with Crippen LogP contribution in [0.15, 0.2) is 0 Å². The lowest BCUT2D eigenvalue weighted by molar-refractivity contribution is -0.141.